The van der Waals surface area contributed by atoms with Gasteiger partial charge in [0.05, 0.1) is 5.56 Å². The lowest BCUT2D eigenvalue weighted by molar-refractivity contribution is 0.0948. The Hall–Kier alpha value is -2.15. The molecule has 0 bridgehead atoms. The van der Waals surface area contributed by atoms with Crippen molar-refractivity contribution in [2.75, 3.05) is 6.54 Å². The summed E-state index contributed by atoms with van der Waals surface area (Å²) in [7, 11) is -3.83. The number of rotatable bonds is 7. The van der Waals surface area contributed by atoms with Gasteiger partial charge >= 0.3 is 0 Å². The van der Waals surface area contributed by atoms with Gasteiger partial charge in [0.2, 0.25) is 0 Å². The lowest BCUT2D eigenvalue weighted by Gasteiger charge is -2.15. The van der Waals surface area contributed by atoms with Crippen molar-refractivity contribution in [2.24, 2.45) is 10.9 Å². The summed E-state index contributed by atoms with van der Waals surface area (Å²) in [6.07, 6.45) is 5.32. The fourth-order valence-electron chi connectivity index (χ4n) is 2.26. The molecule has 0 saturated heterocycles. The first-order valence-corrected chi connectivity index (χ1v) is 9.49. The van der Waals surface area contributed by atoms with Crippen molar-refractivity contribution in [3.05, 3.63) is 41.7 Å². The Morgan fingerprint density at radius 3 is 2.71 bits per heavy atom. The Bertz CT molecular complexity index is 752. The zero-order chi connectivity index (χ0) is 17.6. The molecule has 0 spiro atoms. The van der Waals surface area contributed by atoms with Gasteiger partial charge in [0.15, 0.2) is 0 Å². The van der Waals surface area contributed by atoms with Crippen LogP contribution in [0.3, 0.4) is 0 Å². The normalized spacial score (nSPS) is 14.4. The maximum Gasteiger partial charge on any atom is 0.262 e. The Balaban J connectivity index is 2.19. The van der Waals surface area contributed by atoms with Gasteiger partial charge in [-0.05, 0) is 37.3 Å². The third kappa shape index (κ3) is 4.92. The highest BCUT2D eigenvalue weighted by molar-refractivity contribution is 7.89. The minimum atomic E-state index is -3.83. The van der Waals surface area contributed by atoms with Crippen LogP contribution in [0, 0.1) is 5.92 Å². The molecule has 0 unspecified atom stereocenters. The number of aliphatic imine (C=N–C) groups is 1. The van der Waals surface area contributed by atoms with Crippen molar-refractivity contribution in [2.45, 2.75) is 38.0 Å². The van der Waals surface area contributed by atoms with Gasteiger partial charge in [-0.3, -0.25) is 14.5 Å². The molecule has 1 aliphatic rings. The Labute approximate surface area is 143 Å². The van der Waals surface area contributed by atoms with E-state index in [0.29, 0.717) is 31.0 Å². The second-order valence-corrected chi connectivity index (χ2v) is 7.72. The van der Waals surface area contributed by atoms with Gasteiger partial charge in [-0.25, -0.2) is 8.42 Å². The SMILES string of the molecule is CC(C)CCNC(=O)c1ccccc1S(=O)(=O)NC1=CN=CCC1. The summed E-state index contributed by atoms with van der Waals surface area (Å²) >= 11 is 0. The number of hydrogen-bond donors (Lipinski definition) is 2. The standard InChI is InChI=1S/C17H23N3O3S/c1-13(2)9-11-19-17(21)15-7-3-4-8-16(15)24(22,23)20-14-6-5-10-18-12-14/h3-4,7-8,10,12-13,20H,5-6,9,11H2,1-2H3,(H,19,21). The molecule has 1 heterocycles. The average Bonchev–Trinajstić information content (AvgIpc) is 2.55. The Morgan fingerprint density at radius 1 is 1.29 bits per heavy atom. The summed E-state index contributed by atoms with van der Waals surface area (Å²) in [5.74, 6) is 0.0806. The van der Waals surface area contributed by atoms with E-state index in [2.05, 4.69) is 28.9 Å². The number of nitrogens with one attached hydrogen (secondary N) is 2. The van der Waals surface area contributed by atoms with Crippen molar-refractivity contribution >= 4 is 22.1 Å². The van der Waals surface area contributed by atoms with E-state index < -0.39 is 10.0 Å². The van der Waals surface area contributed by atoms with E-state index in [4.69, 9.17) is 0 Å². The number of nitrogens with zero attached hydrogens (tertiary/aromatic N) is 1. The second-order valence-electron chi connectivity index (χ2n) is 6.06. The van der Waals surface area contributed by atoms with Gasteiger partial charge < -0.3 is 5.32 Å². The molecule has 1 aromatic rings. The topological polar surface area (TPSA) is 87.6 Å². The van der Waals surface area contributed by atoms with Crippen molar-refractivity contribution in [1.82, 2.24) is 10.0 Å². The molecule has 7 heteroatoms. The molecule has 0 aromatic heterocycles. The molecule has 0 saturated carbocycles. The van der Waals surface area contributed by atoms with Crippen molar-refractivity contribution in [3.63, 3.8) is 0 Å². The first-order valence-electron chi connectivity index (χ1n) is 8.01. The molecule has 1 aliphatic heterocycles. The zero-order valence-electron chi connectivity index (χ0n) is 14.0. The Morgan fingerprint density at radius 2 is 2.04 bits per heavy atom. The number of amides is 1. The van der Waals surface area contributed by atoms with Crippen LogP contribution >= 0.6 is 0 Å². The number of allylic oxidation sites excluding steroid dienone is 1. The van der Waals surface area contributed by atoms with Gasteiger partial charge in [0, 0.05) is 24.7 Å². The van der Waals surface area contributed by atoms with Gasteiger partial charge in [0.1, 0.15) is 4.90 Å². The summed E-state index contributed by atoms with van der Waals surface area (Å²) in [6, 6.07) is 6.21. The highest BCUT2D eigenvalue weighted by atomic mass is 32.2. The van der Waals surface area contributed by atoms with Crippen LogP contribution in [-0.2, 0) is 10.0 Å². The van der Waals surface area contributed by atoms with Gasteiger partial charge in [-0.2, -0.15) is 0 Å². The first-order chi connectivity index (χ1) is 11.4. The van der Waals surface area contributed by atoms with Crippen LogP contribution in [-0.4, -0.2) is 27.1 Å². The summed E-state index contributed by atoms with van der Waals surface area (Å²) in [6.45, 7) is 4.64. The molecule has 24 heavy (non-hydrogen) atoms. The summed E-state index contributed by atoms with van der Waals surface area (Å²) in [5, 5.41) is 2.78. The Kier molecular flexibility index (Phi) is 6.14. The van der Waals surface area contributed by atoms with Gasteiger partial charge in [-0.15, -0.1) is 0 Å². The smallest absolute Gasteiger partial charge is 0.262 e. The van der Waals surface area contributed by atoms with Crippen LogP contribution in [0.5, 0.6) is 0 Å². The number of carbonyl (C=O) groups excluding carboxylic acids is 1. The summed E-state index contributed by atoms with van der Waals surface area (Å²) in [4.78, 5) is 16.3. The van der Waals surface area contributed by atoms with Crippen LogP contribution in [0.4, 0.5) is 0 Å². The van der Waals surface area contributed by atoms with Gasteiger partial charge in [-0.1, -0.05) is 26.0 Å². The highest BCUT2D eigenvalue weighted by Gasteiger charge is 2.23. The summed E-state index contributed by atoms with van der Waals surface area (Å²) < 4.78 is 27.8. The molecule has 2 N–H and O–H groups in total. The molecular formula is C17H23N3O3S. The molecule has 0 radical (unpaired) electrons. The fourth-order valence-corrected chi connectivity index (χ4v) is 3.58. The molecule has 0 atom stereocenters. The number of benzene rings is 1. The minimum absolute atomic E-state index is 0.0255. The molecule has 0 fully saturated rings. The van der Waals surface area contributed by atoms with E-state index in [1.165, 1.54) is 18.3 Å². The van der Waals surface area contributed by atoms with Crippen molar-refractivity contribution in [1.29, 1.82) is 0 Å². The largest absolute Gasteiger partial charge is 0.352 e. The molecular weight excluding hydrogens is 326 g/mol. The maximum atomic E-state index is 12.6. The maximum absolute atomic E-state index is 12.6. The number of carbonyl (C=O) groups is 1. The fraction of sp³-hybridized carbons (Fsp3) is 0.412. The van der Waals surface area contributed by atoms with E-state index in [0.717, 1.165) is 6.42 Å². The lowest BCUT2D eigenvalue weighted by atomic mass is 10.1. The zero-order valence-corrected chi connectivity index (χ0v) is 14.8. The van der Waals surface area contributed by atoms with Crippen LogP contribution in [0.15, 0.2) is 46.1 Å². The number of hydrogen-bond acceptors (Lipinski definition) is 4. The van der Waals surface area contributed by atoms with E-state index >= 15 is 0 Å². The predicted octanol–water partition coefficient (Wildman–Crippen LogP) is 2.45. The molecule has 130 valence electrons. The first kappa shape index (κ1) is 18.2. The minimum Gasteiger partial charge on any atom is -0.352 e. The molecule has 6 nitrogen and oxygen atoms in total. The van der Waals surface area contributed by atoms with E-state index in [9.17, 15) is 13.2 Å². The second kappa shape index (κ2) is 8.10. The van der Waals surface area contributed by atoms with Crippen molar-refractivity contribution < 1.29 is 13.2 Å². The molecule has 2 rings (SSSR count). The van der Waals surface area contributed by atoms with Crippen LogP contribution in [0.25, 0.3) is 0 Å². The average molecular weight is 349 g/mol. The summed E-state index contributed by atoms with van der Waals surface area (Å²) in [5.41, 5.74) is 0.668. The van der Waals surface area contributed by atoms with Crippen LogP contribution in [0.1, 0.15) is 43.5 Å². The molecule has 1 aromatic carbocycles. The molecule has 0 aliphatic carbocycles. The van der Waals surface area contributed by atoms with Crippen LogP contribution < -0.4 is 10.0 Å². The monoisotopic (exact) mass is 349 g/mol. The van der Waals surface area contributed by atoms with Crippen molar-refractivity contribution in [3.8, 4) is 0 Å². The lowest BCUT2D eigenvalue weighted by Crippen LogP contribution is -2.30. The third-order valence-electron chi connectivity index (χ3n) is 3.57. The quantitative estimate of drug-likeness (QED) is 0.792. The predicted molar refractivity (Wildman–Crippen MR) is 94.4 cm³/mol. The molecule has 1 amide bonds. The van der Waals surface area contributed by atoms with E-state index in [1.807, 2.05) is 0 Å². The third-order valence-corrected chi connectivity index (χ3v) is 5.04. The van der Waals surface area contributed by atoms with Crippen LogP contribution in [0.2, 0.25) is 0 Å². The number of sulfonamides is 1. The van der Waals surface area contributed by atoms with E-state index in [-0.39, 0.29) is 16.4 Å². The van der Waals surface area contributed by atoms with E-state index in [1.54, 1.807) is 18.3 Å². The highest BCUT2D eigenvalue weighted by Crippen LogP contribution is 2.18. The van der Waals surface area contributed by atoms with Gasteiger partial charge in [0.25, 0.3) is 15.9 Å².